The number of benzene rings is 2. The highest BCUT2D eigenvalue weighted by Gasteiger charge is 2.18. The standard InChI is InChI=1S/C14H13N3O4/c1-16-14(18)9-2-7-12(17(19)20)13(8-9)21-11-5-3-10(15)4-6-11/h2-8H,15H2,1H3,(H,16,18). The van der Waals surface area contributed by atoms with Crippen LogP contribution in [-0.2, 0) is 0 Å². The molecule has 2 rings (SSSR count). The zero-order chi connectivity index (χ0) is 15.4. The first-order chi connectivity index (χ1) is 10.0. The van der Waals surface area contributed by atoms with Crippen LogP contribution in [-0.4, -0.2) is 17.9 Å². The van der Waals surface area contributed by atoms with Gasteiger partial charge in [-0.1, -0.05) is 0 Å². The maximum absolute atomic E-state index is 11.6. The average molecular weight is 287 g/mol. The second-order valence-electron chi connectivity index (χ2n) is 4.19. The van der Waals surface area contributed by atoms with E-state index in [2.05, 4.69) is 5.32 Å². The molecule has 2 aromatic carbocycles. The van der Waals surface area contributed by atoms with Crippen molar-refractivity contribution in [3.8, 4) is 11.5 Å². The Hall–Kier alpha value is -3.09. The van der Waals surface area contributed by atoms with E-state index in [9.17, 15) is 14.9 Å². The van der Waals surface area contributed by atoms with Crippen LogP contribution in [0.4, 0.5) is 11.4 Å². The van der Waals surface area contributed by atoms with Gasteiger partial charge in [-0.25, -0.2) is 0 Å². The highest BCUT2D eigenvalue weighted by molar-refractivity contribution is 5.94. The van der Waals surface area contributed by atoms with Gasteiger partial charge in [-0.2, -0.15) is 0 Å². The number of nitro groups is 1. The van der Waals surface area contributed by atoms with Crippen molar-refractivity contribution < 1.29 is 14.5 Å². The number of nitrogens with zero attached hydrogens (tertiary/aromatic N) is 1. The third-order valence-electron chi connectivity index (χ3n) is 2.75. The van der Waals surface area contributed by atoms with E-state index in [1.54, 1.807) is 24.3 Å². The van der Waals surface area contributed by atoms with Crippen molar-refractivity contribution in [2.75, 3.05) is 12.8 Å². The molecule has 7 nitrogen and oxygen atoms in total. The van der Waals surface area contributed by atoms with Crippen molar-refractivity contribution in [3.63, 3.8) is 0 Å². The first-order valence-corrected chi connectivity index (χ1v) is 6.05. The molecule has 0 saturated carbocycles. The van der Waals surface area contributed by atoms with Gasteiger partial charge < -0.3 is 15.8 Å². The Labute approximate surface area is 120 Å². The Morgan fingerprint density at radius 2 is 1.90 bits per heavy atom. The van der Waals surface area contributed by atoms with E-state index in [4.69, 9.17) is 10.5 Å². The van der Waals surface area contributed by atoms with E-state index in [0.717, 1.165) is 0 Å². The molecule has 1 amide bonds. The summed E-state index contributed by atoms with van der Waals surface area (Å²) in [4.78, 5) is 22.0. The molecular weight excluding hydrogens is 274 g/mol. The second-order valence-corrected chi connectivity index (χ2v) is 4.19. The molecule has 0 saturated heterocycles. The highest BCUT2D eigenvalue weighted by atomic mass is 16.6. The quantitative estimate of drug-likeness (QED) is 0.509. The molecular formula is C14H13N3O4. The molecule has 2 aromatic rings. The Kier molecular flexibility index (Phi) is 4.03. The van der Waals surface area contributed by atoms with E-state index < -0.39 is 4.92 Å². The molecule has 21 heavy (non-hydrogen) atoms. The predicted molar refractivity (Wildman–Crippen MR) is 77.4 cm³/mol. The molecule has 0 atom stereocenters. The number of carbonyl (C=O) groups excluding carboxylic acids is 1. The van der Waals surface area contributed by atoms with Crippen molar-refractivity contribution in [1.29, 1.82) is 0 Å². The molecule has 0 aliphatic rings. The SMILES string of the molecule is CNC(=O)c1ccc([N+](=O)[O-])c(Oc2ccc(N)cc2)c1. The van der Waals surface area contributed by atoms with Crippen LogP contribution in [0.1, 0.15) is 10.4 Å². The normalized spacial score (nSPS) is 9.95. The lowest BCUT2D eigenvalue weighted by molar-refractivity contribution is -0.385. The maximum Gasteiger partial charge on any atom is 0.311 e. The fourth-order valence-electron chi connectivity index (χ4n) is 1.70. The average Bonchev–Trinajstić information content (AvgIpc) is 2.48. The third kappa shape index (κ3) is 3.27. The Bertz CT molecular complexity index is 683. The van der Waals surface area contributed by atoms with Crippen molar-refractivity contribution in [1.82, 2.24) is 5.32 Å². The lowest BCUT2D eigenvalue weighted by Gasteiger charge is -2.08. The van der Waals surface area contributed by atoms with Crippen LogP contribution in [0.5, 0.6) is 11.5 Å². The van der Waals surface area contributed by atoms with Crippen LogP contribution in [0, 0.1) is 10.1 Å². The minimum absolute atomic E-state index is 0.00845. The van der Waals surface area contributed by atoms with Crippen LogP contribution in [0.25, 0.3) is 0 Å². The van der Waals surface area contributed by atoms with Crippen molar-refractivity contribution in [2.24, 2.45) is 0 Å². The van der Waals surface area contributed by atoms with Gasteiger partial charge >= 0.3 is 5.69 Å². The number of rotatable bonds is 4. The molecule has 0 aromatic heterocycles. The van der Waals surface area contributed by atoms with E-state index in [-0.39, 0.29) is 22.9 Å². The lowest BCUT2D eigenvalue weighted by atomic mass is 10.1. The molecule has 0 fully saturated rings. The minimum atomic E-state index is -0.569. The van der Waals surface area contributed by atoms with Gasteiger partial charge in [-0.05, 0) is 30.3 Å². The van der Waals surface area contributed by atoms with E-state index in [1.165, 1.54) is 25.2 Å². The molecule has 0 heterocycles. The largest absolute Gasteiger partial charge is 0.450 e. The summed E-state index contributed by atoms with van der Waals surface area (Å²) in [6.45, 7) is 0. The topological polar surface area (TPSA) is 107 Å². The summed E-state index contributed by atoms with van der Waals surface area (Å²) >= 11 is 0. The summed E-state index contributed by atoms with van der Waals surface area (Å²) < 4.78 is 5.48. The minimum Gasteiger partial charge on any atom is -0.450 e. The number of amides is 1. The number of hydrogen-bond donors (Lipinski definition) is 2. The van der Waals surface area contributed by atoms with Gasteiger partial charge in [0.1, 0.15) is 5.75 Å². The smallest absolute Gasteiger partial charge is 0.311 e. The van der Waals surface area contributed by atoms with Gasteiger partial charge in [-0.15, -0.1) is 0 Å². The Morgan fingerprint density at radius 1 is 1.24 bits per heavy atom. The summed E-state index contributed by atoms with van der Waals surface area (Å²) in [5.74, 6) is 0.0271. The summed E-state index contributed by atoms with van der Waals surface area (Å²) in [6.07, 6.45) is 0. The zero-order valence-corrected chi connectivity index (χ0v) is 11.2. The number of nitrogens with one attached hydrogen (secondary N) is 1. The maximum atomic E-state index is 11.6. The van der Waals surface area contributed by atoms with Crippen molar-refractivity contribution in [2.45, 2.75) is 0 Å². The van der Waals surface area contributed by atoms with Gasteiger partial charge in [0.15, 0.2) is 0 Å². The summed E-state index contributed by atoms with van der Waals surface area (Å²) in [7, 11) is 1.48. The Balaban J connectivity index is 2.40. The molecule has 0 radical (unpaired) electrons. The predicted octanol–water partition coefficient (Wildman–Crippen LogP) is 2.33. The summed E-state index contributed by atoms with van der Waals surface area (Å²) in [5, 5.41) is 13.5. The molecule has 0 bridgehead atoms. The number of ether oxygens (including phenoxy) is 1. The number of hydrogen-bond acceptors (Lipinski definition) is 5. The zero-order valence-electron chi connectivity index (χ0n) is 11.2. The van der Waals surface area contributed by atoms with Gasteiger partial charge in [0.2, 0.25) is 5.75 Å². The number of nitrogen functional groups attached to an aromatic ring is 1. The summed E-state index contributed by atoms with van der Waals surface area (Å²) in [6, 6.07) is 10.3. The molecule has 0 aliphatic heterocycles. The molecule has 7 heteroatoms. The fraction of sp³-hybridized carbons (Fsp3) is 0.0714. The van der Waals surface area contributed by atoms with Crippen molar-refractivity contribution >= 4 is 17.3 Å². The monoisotopic (exact) mass is 287 g/mol. The van der Waals surface area contributed by atoms with Crippen LogP contribution >= 0.6 is 0 Å². The molecule has 0 aliphatic carbocycles. The van der Waals surface area contributed by atoms with Crippen molar-refractivity contribution in [3.05, 3.63) is 58.1 Å². The molecule has 0 spiro atoms. The van der Waals surface area contributed by atoms with E-state index in [1.807, 2.05) is 0 Å². The molecule has 3 N–H and O–H groups in total. The molecule has 0 unspecified atom stereocenters. The van der Waals surface area contributed by atoms with Crippen LogP contribution in [0.15, 0.2) is 42.5 Å². The van der Waals surface area contributed by atoms with Crippen LogP contribution in [0.3, 0.4) is 0 Å². The summed E-state index contributed by atoms with van der Waals surface area (Å²) in [5.41, 5.74) is 6.16. The third-order valence-corrected chi connectivity index (χ3v) is 2.75. The van der Waals surface area contributed by atoms with Gasteiger partial charge in [0.05, 0.1) is 4.92 Å². The van der Waals surface area contributed by atoms with Crippen LogP contribution < -0.4 is 15.8 Å². The van der Waals surface area contributed by atoms with Crippen LogP contribution in [0.2, 0.25) is 0 Å². The highest BCUT2D eigenvalue weighted by Crippen LogP contribution is 2.32. The first-order valence-electron chi connectivity index (χ1n) is 6.05. The van der Waals surface area contributed by atoms with Gasteiger partial charge in [-0.3, -0.25) is 14.9 Å². The van der Waals surface area contributed by atoms with Gasteiger partial charge in [0, 0.05) is 30.4 Å². The first kappa shape index (κ1) is 14.3. The van der Waals surface area contributed by atoms with Gasteiger partial charge in [0.25, 0.3) is 5.91 Å². The number of anilines is 1. The number of carbonyl (C=O) groups is 1. The fourth-order valence-corrected chi connectivity index (χ4v) is 1.70. The molecule has 108 valence electrons. The number of nitrogens with two attached hydrogens (primary N) is 1. The second kappa shape index (κ2) is 5.91. The van der Waals surface area contributed by atoms with E-state index >= 15 is 0 Å². The van der Waals surface area contributed by atoms with E-state index in [0.29, 0.717) is 11.4 Å². The Morgan fingerprint density at radius 3 is 2.48 bits per heavy atom. The lowest BCUT2D eigenvalue weighted by Crippen LogP contribution is -2.17. The number of nitro benzene ring substituents is 1.